The molecule has 4 heterocycles. The normalized spacial score (nSPS) is 17.6. The van der Waals surface area contributed by atoms with E-state index < -0.39 is 0 Å². The summed E-state index contributed by atoms with van der Waals surface area (Å²) in [5.41, 5.74) is 14.2. The molecule has 0 aliphatic carbocycles. The van der Waals surface area contributed by atoms with Gasteiger partial charge in [-0.3, -0.25) is 4.68 Å². The number of nitrogens with two attached hydrogens (primary N) is 1. The van der Waals surface area contributed by atoms with Crippen molar-refractivity contribution < 1.29 is 0 Å². The van der Waals surface area contributed by atoms with Crippen LogP contribution in [0.5, 0.6) is 0 Å². The van der Waals surface area contributed by atoms with E-state index in [1.165, 1.54) is 18.5 Å². The number of aromatic amines is 1. The molecule has 3 N–H and O–H groups in total. The number of anilines is 1. The van der Waals surface area contributed by atoms with E-state index in [1.54, 1.807) is 0 Å². The van der Waals surface area contributed by atoms with Crippen LogP contribution in [-0.4, -0.2) is 37.3 Å². The summed E-state index contributed by atoms with van der Waals surface area (Å²) in [5.74, 6) is 0. The van der Waals surface area contributed by atoms with Gasteiger partial charge in [0.25, 0.3) is 0 Å². The summed E-state index contributed by atoms with van der Waals surface area (Å²) in [6, 6.07) is 7.40. The van der Waals surface area contributed by atoms with Crippen molar-refractivity contribution in [1.29, 1.82) is 0 Å². The summed E-state index contributed by atoms with van der Waals surface area (Å²) in [7, 11) is 0. The fourth-order valence-corrected chi connectivity index (χ4v) is 4.54. The van der Waals surface area contributed by atoms with Gasteiger partial charge in [0.15, 0.2) is 5.65 Å². The second-order valence-electron chi connectivity index (χ2n) is 9.24. The van der Waals surface area contributed by atoms with Gasteiger partial charge in [-0.2, -0.15) is 5.10 Å². The fourth-order valence-electron chi connectivity index (χ4n) is 4.54. The molecule has 1 aromatic carbocycles. The topological polar surface area (TPSA) is 88.7 Å². The Morgan fingerprint density at radius 2 is 1.97 bits per heavy atom. The summed E-state index contributed by atoms with van der Waals surface area (Å²) in [6.07, 6.45) is 10.2. The third-order valence-corrected chi connectivity index (χ3v) is 6.47. The Morgan fingerprint density at radius 1 is 1.12 bits per heavy atom. The molecular weight excluding hydrogens is 398 g/mol. The van der Waals surface area contributed by atoms with Crippen LogP contribution in [0.1, 0.15) is 58.2 Å². The van der Waals surface area contributed by atoms with Crippen molar-refractivity contribution in [3.63, 3.8) is 0 Å². The molecule has 1 aliphatic rings. The first-order valence-corrected chi connectivity index (χ1v) is 11.5. The Kier molecular flexibility index (Phi) is 5.21. The molecule has 1 saturated heterocycles. The quantitative estimate of drug-likeness (QED) is 0.462. The zero-order valence-corrected chi connectivity index (χ0v) is 19.2. The van der Waals surface area contributed by atoms with Gasteiger partial charge in [0.05, 0.1) is 18.1 Å². The molecule has 2 atom stereocenters. The molecule has 2 unspecified atom stereocenters. The van der Waals surface area contributed by atoms with Crippen LogP contribution in [-0.2, 0) is 0 Å². The van der Waals surface area contributed by atoms with Crippen LogP contribution >= 0.6 is 0 Å². The Labute approximate surface area is 188 Å². The molecule has 3 aromatic heterocycles. The second-order valence-corrected chi connectivity index (χ2v) is 9.24. The van der Waals surface area contributed by atoms with E-state index in [9.17, 15) is 0 Å². The molecule has 1 fully saturated rings. The molecule has 7 nitrogen and oxygen atoms in total. The highest BCUT2D eigenvalue weighted by molar-refractivity contribution is 5.91. The summed E-state index contributed by atoms with van der Waals surface area (Å²) in [5, 5.41) is 4.49. The van der Waals surface area contributed by atoms with Gasteiger partial charge < -0.3 is 15.6 Å². The van der Waals surface area contributed by atoms with Crippen molar-refractivity contribution in [2.45, 2.75) is 58.7 Å². The van der Waals surface area contributed by atoms with Gasteiger partial charge in [0, 0.05) is 59.4 Å². The minimum absolute atomic E-state index is 0.0482. The minimum atomic E-state index is -0.0482. The summed E-state index contributed by atoms with van der Waals surface area (Å²) in [4.78, 5) is 15.4. The first-order valence-electron chi connectivity index (χ1n) is 11.5. The predicted molar refractivity (Wildman–Crippen MR) is 130 cm³/mol. The van der Waals surface area contributed by atoms with Crippen LogP contribution in [0.2, 0.25) is 0 Å². The number of hydrogen-bond acceptors (Lipinski definition) is 5. The second kappa shape index (κ2) is 8.06. The Bertz CT molecular complexity index is 1250. The number of hydrogen-bond donors (Lipinski definition) is 2. The number of nitrogens with zero attached hydrogens (tertiary/aromatic N) is 5. The third-order valence-electron chi connectivity index (χ3n) is 6.47. The van der Waals surface area contributed by atoms with Crippen LogP contribution in [0.3, 0.4) is 0 Å². The van der Waals surface area contributed by atoms with Crippen LogP contribution in [0.25, 0.3) is 33.5 Å². The molecule has 166 valence electrons. The number of aromatic nitrogens is 5. The van der Waals surface area contributed by atoms with Gasteiger partial charge in [0.2, 0.25) is 0 Å². The third kappa shape index (κ3) is 3.66. The van der Waals surface area contributed by atoms with Crippen molar-refractivity contribution in [2.75, 3.05) is 11.4 Å². The fraction of sp³-hybridized carbons (Fsp3) is 0.400. The zero-order valence-electron chi connectivity index (χ0n) is 19.2. The molecule has 1 aliphatic heterocycles. The van der Waals surface area contributed by atoms with Crippen molar-refractivity contribution in [2.24, 2.45) is 5.73 Å². The van der Waals surface area contributed by atoms with Crippen LogP contribution in [0.4, 0.5) is 5.69 Å². The largest absolute Gasteiger partial charge is 0.369 e. The van der Waals surface area contributed by atoms with E-state index in [4.69, 9.17) is 10.7 Å². The first-order chi connectivity index (χ1) is 15.4. The summed E-state index contributed by atoms with van der Waals surface area (Å²) < 4.78 is 1.96. The van der Waals surface area contributed by atoms with E-state index >= 15 is 0 Å². The van der Waals surface area contributed by atoms with Gasteiger partial charge in [-0.15, -0.1) is 0 Å². The molecule has 0 bridgehead atoms. The van der Waals surface area contributed by atoms with Gasteiger partial charge in [-0.1, -0.05) is 0 Å². The zero-order chi connectivity index (χ0) is 22.4. The lowest BCUT2D eigenvalue weighted by Gasteiger charge is -2.25. The molecule has 5 rings (SSSR count). The highest BCUT2D eigenvalue weighted by Gasteiger charge is 2.22. The number of nitrogens with one attached hydrogen (secondary N) is 1. The van der Waals surface area contributed by atoms with Gasteiger partial charge in [0.1, 0.15) is 5.52 Å². The maximum Gasteiger partial charge on any atom is 0.156 e. The highest BCUT2D eigenvalue weighted by Crippen LogP contribution is 2.33. The summed E-state index contributed by atoms with van der Waals surface area (Å²) in [6.45, 7) is 9.64. The Morgan fingerprint density at radius 3 is 2.66 bits per heavy atom. The van der Waals surface area contributed by atoms with E-state index in [0.29, 0.717) is 12.1 Å². The molecular formula is C25H31N7. The van der Waals surface area contributed by atoms with E-state index in [2.05, 4.69) is 65.1 Å². The summed E-state index contributed by atoms with van der Waals surface area (Å²) >= 11 is 0. The average Bonchev–Trinajstić information content (AvgIpc) is 3.51. The molecule has 0 saturated carbocycles. The molecule has 0 spiro atoms. The highest BCUT2D eigenvalue weighted by atomic mass is 15.3. The average molecular weight is 430 g/mol. The number of H-pyrrole nitrogens is 1. The monoisotopic (exact) mass is 429 g/mol. The molecule has 32 heavy (non-hydrogen) atoms. The van der Waals surface area contributed by atoms with Crippen LogP contribution in [0.15, 0.2) is 43.0 Å². The van der Waals surface area contributed by atoms with Gasteiger partial charge >= 0.3 is 0 Å². The molecule has 0 radical (unpaired) electrons. The van der Waals surface area contributed by atoms with Gasteiger partial charge in [-0.25, -0.2) is 9.97 Å². The Balaban J connectivity index is 1.60. The SMILES string of the molecule is CC(N)c1cc(-c2cnc3[nH]cc(-c4cnn(C(C)C)c4)c3n2)cc(N2CCCC2C)c1. The molecule has 4 aromatic rings. The minimum Gasteiger partial charge on any atom is -0.369 e. The van der Waals surface area contributed by atoms with E-state index in [-0.39, 0.29) is 6.04 Å². The van der Waals surface area contributed by atoms with Crippen molar-refractivity contribution in [1.82, 2.24) is 24.7 Å². The number of benzene rings is 1. The number of fused-ring (bicyclic) bond motifs is 1. The van der Waals surface area contributed by atoms with Gasteiger partial charge in [-0.05, 0) is 64.3 Å². The maximum atomic E-state index is 6.29. The van der Waals surface area contributed by atoms with Crippen molar-refractivity contribution in [3.05, 3.63) is 48.5 Å². The molecule has 0 amide bonds. The smallest absolute Gasteiger partial charge is 0.156 e. The number of rotatable bonds is 5. The van der Waals surface area contributed by atoms with E-state index in [1.807, 2.05) is 30.2 Å². The Hall–Kier alpha value is -3.19. The van der Waals surface area contributed by atoms with Crippen molar-refractivity contribution in [3.8, 4) is 22.4 Å². The van der Waals surface area contributed by atoms with Crippen molar-refractivity contribution >= 4 is 16.9 Å². The lowest BCUT2D eigenvalue weighted by Crippen LogP contribution is -2.26. The van der Waals surface area contributed by atoms with Crippen LogP contribution < -0.4 is 10.6 Å². The standard InChI is InChI=1S/C25H31N7/c1-15(2)32-14-20(11-29-32)22-12-27-25-24(22)30-23(13-28-25)19-8-18(17(4)26)9-21(10-19)31-7-5-6-16(31)3/h8-17H,5-7,26H2,1-4H3,(H,27,28). The lowest BCUT2D eigenvalue weighted by atomic mass is 10.0. The predicted octanol–water partition coefficient (Wildman–Crippen LogP) is 5.08. The maximum absolute atomic E-state index is 6.29. The first kappa shape index (κ1) is 20.7. The van der Waals surface area contributed by atoms with E-state index in [0.717, 1.165) is 45.7 Å². The van der Waals surface area contributed by atoms with Crippen LogP contribution in [0, 0.1) is 0 Å². The molecule has 7 heteroatoms. The lowest BCUT2D eigenvalue weighted by molar-refractivity contribution is 0.532.